The molecule has 4 rings (SSSR count). The van der Waals surface area contributed by atoms with E-state index in [9.17, 15) is 18.4 Å². The van der Waals surface area contributed by atoms with Crippen molar-refractivity contribution in [3.05, 3.63) is 51.5 Å². The fraction of sp³-hybridized carbons (Fsp3) is 0.348. The van der Waals surface area contributed by atoms with Gasteiger partial charge >= 0.3 is 6.03 Å². The van der Waals surface area contributed by atoms with Gasteiger partial charge in [-0.1, -0.05) is 34.5 Å². The van der Waals surface area contributed by atoms with E-state index in [0.717, 1.165) is 30.5 Å². The number of halogens is 4. The molecule has 1 saturated heterocycles. The summed E-state index contributed by atoms with van der Waals surface area (Å²) in [6.45, 7) is 4.23. The maximum absolute atomic E-state index is 14.7. The van der Waals surface area contributed by atoms with Gasteiger partial charge < -0.3 is 19.9 Å². The Morgan fingerprint density at radius 1 is 1.17 bits per heavy atom. The van der Waals surface area contributed by atoms with Crippen LogP contribution in [0, 0.1) is 11.6 Å². The summed E-state index contributed by atoms with van der Waals surface area (Å²) >= 11 is 13.3. The van der Waals surface area contributed by atoms with Crippen LogP contribution in [0.2, 0.25) is 10.0 Å². The summed E-state index contributed by atoms with van der Waals surface area (Å²) < 4.78 is 34.8. The molecule has 36 heavy (non-hydrogen) atoms. The molecule has 1 unspecified atom stereocenters. The quantitative estimate of drug-likeness (QED) is 0.420. The summed E-state index contributed by atoms with van der Waals surface area (Å²) in [7, 11) is 1.99. The number of fused-ring (bicyclic) bond motifs is 1. The van der Waals surface area contributed by atoms with E-state index in [-0.39, 0.29) is 38.9 Å². The molecule has 1 aliphatic rings. The van der Waals surface area contributed by atoms with E-state index in [2.05, 4.69) is 20.5 Å². The summed E-state index contributed by atoms with van der Waals surface area (Å²) in [4.78, 5) is 32.6. The first-order valence-electron chi connectivity index (χ1n) is 11.0. The lowest BCUT2D eigenvalue weighted by Gasteiger charge is -2.32. The second-order valence-corrected chi connectivity index (χ2v) is 10.1. The van der Waals surface area contributed by atoms with Crippen molar-refractivity contribution in [3.63, 3.8) is 0 Å². The normalized spacial score (nSPS) is 15.1. The van der Waals surface area contributed by atoms with Crippen molar-refractivity contribution in [2.24, 2.45) is 0 Å². The molecule has 0 saturated carbocycles. The topological polar surface area (TPSA) is 86.8 Å². The molecule has 1 aliphatic heterocycles. The molecule has 3 amide bonds. The van der Waals surface area contributed by atoms with E-state index in [1.165, 1.54) is 18.2 Å². The Morgan fingerprint density at radius 2 is 1.89 bits per heavy atom. The number of rotatable bonds is 6. The minimum absolute atomic E-state index is 0.108. The maximum atomic E-state index is 14.7. The van der Waals surface area contributed by atoms with Crippen LogP contribution in [0.15, 0.2) is 24.3 Å². The van der Waals surface area contributed by atoms with Gasteiger partial charge in [-0.25, -0.2) is 18.6 Å². The minimum atomic E-state index is -0.846. The molecule has 0 spiro atoms. The number of anilines is 1. The van der Waals surface area contributed by atoms with Gasteiger partial charge in [0.05, 0.1) is 21.8 Å². The average molecular weight is 558 g/mol. The number of nitrogens with zero attached hydrogens (tertiary/aromatic N) is 3. The number of hydrogen-bond donors (Lipinski definition) is 2. The minimum Gasteiger partial charge on any atom is -0.483 e. The number of ether oxygens (including phenoxy) is 1. The number of thiazole rings is 1. The van der Waals surface area contributed by atoms with Crippen molar-refractivity contribution in [2.75, 3.05) is 45.1 Å². The lowest BCUT2D eigenvalue weighted by atomic mass is 10.1. The second kappa shape index (κ2) is 11.1. The highest BCUT2D eigenvalue weighted by Gasteiger charge is 2.22. The van der Waals surface area contributed by atoms with Gasteiger partial charge in [-0.15, -0.1) is 0 Å². The monoisotopic (exact) mass is 557 g/mol. The lowest BCUT2D eigenvalue weighted by Crippen LogP contribution is -2.50. The zero-order chi connectivity index (χ0) is 26.0. The van der Waals surface area contributed by atoms with Crippen LogP contribution < -0.4 is 15.4 Å². The van der Waals surface area contributed by atoms with Gasteiger partial charge in [-0.3, -0.25) is 10.1 Å². The number of urea groups is 1. The molecule has 13 heteroatoms. The first kappa shape index (κ1) is 26.3. The number of hydrogen-bond acceptors (Lipinski definition) is 6. The molecule has 2 aromatic carbocycles. The highest BCUT2D eigenvalue weighted by Crippen LogP contribution is 2.37. The molecular formula is C23H23Cl2F2N5O3S. The summed E-state index contributed by atoms with van der Waals surface area (Å²) in [6.07, 6.45) is -0.846. The predicted molar refractivity (Wildman–Crippen MR) is 136 cm³/mol. The Bertz CT molecular complexity index is 1300. The molecule has 2 N–H and O–H groups in total. The smallest absolute Gasteiger partial charge is 0.321 e. The molecule has 0 bridgehead atoms. The fourth-order valence-electron chi connectivity index (χ4n) is 3.70. The highest BCUT2D eigenvalue weighted by atomic mass is 35.5. The largest absolute Gasteiger partial charge is 0.483 e. The molecule has 3 aromatic rings. The molecule has 0 radical (unpaired) electrons. The van der Waals surface area contributed by atoms with Gasteiger partial charge in [-0.2, -0.15) is 0 Å². The molecule has 192 valence electrons. The van der Waals surface area contributed by atoms with E-state index >= 15 is 0 Å². The zero-order valence-corrected chi connectivity index (χ0v) is 21.7. The summed E-state index contributed by atoms with van der Waals surface area (Å²) in [5.41, 5.74) is 0.510. The Morgan fingerprint density at radius 3 is 2.61 bits per heavy atom. The van der Waals surface area contributed by atoms with Gasteiger partial charge in [0.2, 0.25) is 5.91 Å². The molecule has 1 fully saturated rings. The van der Waals surface area contributed by atoms with Gasteiger partial charge in [0.1, 0.15) is 11.9 Å². The standard InChI is InChI=1S/C23H23Cl2F2N5O3S/c1-12(20-13(24)3-4-14(26)21(20)25)35-17-10-18-16(9-15(17)27)29-23(36-18)30-22(34)28-11-19(33)32-7-5-31(2)6-8-32/h3-4,9-10,12H,5-8,11H2,1-2H3,(H2,28,29,30,34). The van der Waals surface area contributed by atoms with Crippen molar-refractivity contribution in [1.29, 1.82) is 0 Å². The fourth-order valence-corrected chi connectivity index (χ4v) is 5.25. The number of aromatic nitrogens is 1. The first-order chi connectivity index (χ1) is 17.1. The van der Waals surface area contributed by atoms with E-state index in [1.54, 1.807) is 11.8 Å². The number of carbonyl (C=O) groups is 2. The third-order valence-electron chi connectivity index (χ3n) is 5.71. The number of benzene rings is 2. The Kier molecular flexibility index (Phi) is 8.13. The SMILES string of the molecule is CC(Oc1cc2sc(NC(=O)NCC(=O)N3CCN(C)CC3)nc2cc1F)c1c(Cl)ccc(F)c1Cl. The average Bonchev–Trinajstić information content (AvgIpc) is 3.21. The number of nitrogens with one attached hydrogen (secondary N) is 2. The molecule has 1 atom stereocenters. The van der Waals surface area contributed by atoms with Gasteiger partial charge in [0, 0.05) is 48.9 Å². The van der Waals surface area contributed by atoms with E-state index in [1.807, 2.05) is 7.05 Å². The number of amides is 3. The van der Waals surface area contributed by atoms with Gasteiger partial charge in [0.25, 0.3) is 0 Å². The third kappa shape index (κ3) is 5.97. The van der Waals surface area contributed by atoms with Crippen molar-refractivity contribution in [1.82, 2.24) is 20.1 Å². The first-order valence-corrected chi connectivity index (χ1v) is 12.6. The van der Waals surface area contributed by atoms with Crippen LogP contribution in [0.5, 0.6) is 5.75 Å². The van der Waals surface area contributed by atoms with Crippen molar-refractivity contribution in [2.45, 2.75) is 13.0 Å². The molecular weight excluding hydrogens is 535 g/mol. The Balaban J connectivity index is 1.40. The molecule has 8 nitrogen and oxygen atoms in total. The van der Waals surface area contributed by atoms with E-state index < -0.39 is 23.8 Å². The maximum Gasteiger partial charge on any atom is 0.321 e. The third-order valence-corrected chi connectivity index (χ3v) is 7.36. The van der Waals surface area contributed by atoms with E-state index in [4.69, 9.17) is 27.9 Å². The van der Waals surface area contributed by atoms with Crippen molar-refractivity contribution < 1.29 is 23.1 Å². The summed E-state index contributed by atoms with van der Waals surface area (Å²) in [6, 6.07) is 4.49. The molecule has 1 aromatic heterocycles. The molecule has 0 aliphatic carbocycles. The second-order valence-electron chi connectivity index (χ2n) is 8.28. The zero-order valence-electron chi connectivity index (χ0n) is 19.4. The van der Waals surface area contributed by atoms with Gasteiger partial charge in [-0.05, 0) is 26.1 Å². The van der Waals surface area contributed by atoms with Crippen LogP contribution in [0.25, 0.3) is 10.2 Å². The summed E-state index contributed by atoms with van der Waals surface area (Å²) in [5.74, 6) is -1.64. The predicted octanol–water partition coefficient (Wildman–Crippen LogP) is 4.92. The summed E-state index contributed by atoms with van der Waals surface area (Å²) in [5, 5.41) is 5.30. The van der Waals surface area contributed by atoms with Gasteiger partial charge in [0.15, 0.2) is 16.7 Å². The van der Waals surface area contributed by atoms with Crippen LogP contribution in [0.4, 0.5) is 18.7 Å². The van der Waals surface area contributed by atoms with Crippen LogP contribution in [0.1, 0.15) is 18.6 Å². The number of likely N-dealkylation sites (N-methyl/N-ethyl adjacent to an activating group) is 1. The number of piperazine rings is 1. The van der Waals surface area contributed by atoms with Crippen LogP contribution in [-0.2, 0) is 4.79 Å². The van der Waals surface area contributed by atoms with Crippen LogP contribution >= 0.6 is 34.5 Å². The highest BCUT2D eigenvalue weighted by molar-refractivity contribution is 7.22. The molecule has 2 heterocycles. The van der Waals surface area contributed by atoms with Crippen molar-refractivity contribution in [3.8, 4) is 5.75 Å². The Hall–Kier alpha value is -2.73. The van der Waals surface area contributed by atoms with E-state index in [0.29, 0.717) is 23.3 Å². The van der Waals surface area contributed by atoms with Crippen LogP contribution in [0.3, 0.4) is 0 Å². The lowest BCUT2D eigenvalue weighted by molar-refractivity contribution is -0.131. The number of carbonyl (C=O) groups excluding carboxylic acids is 2. The Labute approximate surface area is 220 Å². The van der Waals surface area contributed by atoms with Crippen LogP contribution in [-0.4, -0.2) is 66.5 Å². The van der Waals surface area contributed by atoms with Crippen molar-refractivity contribution >= 4 is 61.8 Å².